The van der Waals surface area contributed by atoms with E-state index in [9.17, 15) is 9.59 Å². The number of hydrogen-bond acceptors (Lipinski definition) is 3. The molecular weight excluding hydrogens is 281 g/mol. The number of nitrogens with two attached hydrogens (primary N) is 1. The summed E-state index contributed by atoms with van der Waals surface area (Å²) in [4.78, 5) is 22.9. The zero-order valence-electron chi connectivity index (χ0n) is 9.42. The molecule has 1 aromatic rings. The van der Waals surface area contributed by atoms with Gasteiger partial charge in [-0.3, -0.25) is 0 Å². The van der Waals surface area contributed by atoms with E-state index in [-0.39, 0.29) is 21.3 Å². The summed E-state index contributed by atoms with van der Waals surface area (Å²) in [5.41, 5.74) is 7.55. The van der Waals surface area contributed by atoms with Crippen molar-refractivity contribution in [3.05, 3.63) is 35.4 Å². The van der Waals surface area contributed by atoms with Crippen molar-refractivity contribution in [2.45, 2.75) is 17.0 Å². The van der Waals surface area contributed by atoms with E-state index in [1.807, 2.05) is 24.3 Å². The van der Waals surface area contributed by atoms with Crippen LogP contribution in [0.2, 0.25) is 4.71 Å². The first-order chi connectivity index (χ1) is 8.13. The second kappa shape index (κ2) is 4.92. The number of fused-ring (bicyclic) bond motifs is 1. The first kappa shape index (κ1) is 12.2. The van der Waals surface area contributed by atoms with Crippen molar-refractivity contribution < 1.29 is 14.3 Å². The topological polar surface area (TPSA) is 69.4 Å². The third kappa shape index (κ3) is 2.37. The van der Waals surface area contributed by atoms with Crippen molar-refractivity contribution in [1.29, 1.82) is 0 Å². The van der Waals surface area contributed by atoms with Gasteiger partial charge in [-0.25, -0.2) is 0 Å². The number of benzene rings is 1. The molecule has 0 aromatic heterocycles. The molecule has 2 N–H and O–H groups in total. The first-order valence-electron chi connectivity index (χ1n) is 5.29. The molecule has 1 radical (unpaired) electrons. The van der Waals surface area contributed by atoms with Gasteiger partial charge in [0.15, 0.2) is 0 Å². The summed E-state index contributed by atoms with van der Waals surface area (Å²) in [5.74, 6) is -0.676. The number of carbonyl (C=O) groups excluding carboxylic acids is 2. The number of rotatable bonds is 3. The minimum atomic E-state index is -0.669. The Kier molecular flexibility index (Phi) is 3.53. The molecule has 5 heteroatoms. The molecule has 17 heavy (non-hydrogen) atoms. The van der Waals surface area contributed by atoms with Crippen LogP contribution < -0.4 is 5.73 Å². The average Bonchev–Trinajstić information content (AvgIpc) is 2.66. The number of amides is 1. The minimum absolute atomic E-state index is 0.0219. The van der Waals surface area contributed by atoms with Crippen LogP contribution in [0.3, 0.4) is 0 Å². The van der Waals surface area contributed by atoms with Crippen molar-refractivity contribution in [1.82, 2.24) is 0 Å². The predicted molar refractivity (Wildman–Crippen MR) is 64.0 cm³/mol. The number of hydrogen-bond donors (Lipinski definition) is 1. The fourth-order valence-corrected chi connectivity index (χ4v) is 4.58. The Labute approximate surface area is 106 Å². The van der Waals surface area contributed by atoms with Gasteiger partial charge in [0.1, 0.15) is 0 Å². The first-order valence-corrected chi connectivity index (χ1v) is 7.31. The zero-order chi connectivity index (χ0) is 12.4. The third-order valence-electron chi connectivity index (χ3n) is 2.96. The van der Waals surface area contributed by atoms with Gasteiger partial charge in [0.2, 0.25) is 0 Å². The van der Waals surface area contributed by atoms with E-state index >= 15 is 0 Å². The number of ether oxygens (including phenoxy) is 1. The Morgan fingerprint density at radius 1 is 1.41 bits per heavy atom. The monoisotopic (exact) mass is 294 g/mol. The van der Waals surface area contributed by atoms with Crippen LogP contribution in [-0.4, -0.2) is 33.5 Å². The molecule has 0 bridgehead atoms. The van der Waals surface area contributed by atoms with E-state index in [1.54, 1.807) is 0 Å². The van der Waals surface area contributed by atoms with Gasteiger partial charge in [-0.15, -0.1) is 0 Å². The summed E-state index contributed by atoms with van der Waals surface area (Å²) in [6, 6.07) is 7.74. The predicted octanol–water partition coefficient (Wildman–Crippen LogP) is 1.07. The van der Waals surface area contributed by atoms with Gasteiger partial charge >= 0.3 is 106 Å². The molecule has 1 aliphatic carbocycles. The van der Waals surface area contributed by atoms with E-state index in [0.29, 0.717) is 0 Å². The molecule has 0 fully saturated rings. The second-order valence-corrected chi connectivity index (χ2v) is 6.65. The van der Waals surface area contributed by atoms with Gasteiger partial charge in [0, 0.05) is 0 Å². The Balaban J connectivity index is 2.27. The summed E-state index contributed by atoms with van der Waals surface area (Å²) in [6.45, 7) is 0. The van der Waals surface area contributed by atoms with E-state index in [2.05, 4.69) is 4.74 Å². The zero-order valence-corrected chi connectivity index (χ0v) is 11.3. The van der Waals surface area contributed by atoms with Crippen molar-refractivity contribution in [3.8, 4) is 0 Å². The number of carbonyl (C=O) groups is 2. The average molecular weight is 294 g/mol. The quantitative estimate of drug-likeness (QED) is 0.848. The van der Waals surface area contributed by atoms with Crippen LogP contribution in [0.1, 0.15) is 17.0 Å². The molecule has 2 atom stereocenters. The SMILES string of the molecule is COC(=O)[As]C1Cc2ccccc2C1C(N)=O. The van der Waals surface area contributed by atoms with Crippen LogP contribution in [-0.2, 0) is 16.0 Å². The van der Waals surface area contributed by atoms with Crippen LogP contribution in [0.4, 0.5) is 4.79 Å². The van der Waals surface area contributed by atoms with Gasteiger partial charge < -0.3 is 0 Å². The molecule has 0 spiro atoms. The van der Waals surface area contributed by atoms with E-state index in [0.717, 1.165) is 17.5 Å². The molecule has 2 unspecified atom stereocenters. The molecule has 0 saturated heterocycles. The molecule has 0 aliphatic heterocycles. The Bertz CT molecular complexity index is 461. The maximum absolute atomic E-state index is 11.5. The number of methoxy groups -OCH3 is 1. The Morgan fingerprint density at radius 2 is 2.12 bits per heavy atom. The van der Waals surface area contributed by atoms with Gasteiger partial charge in [-0.2, -0.15) is 0 Å². The molecule has 2 rings (SSSR count). The summed E-state index contributed by atoms with van der Waals surface area (Å²) in [5, 5.41) is 0. The molecule has 0 heterocycles. The molecule has 4 nitrogen and oxygen atoms in total. The fraction of sp³-hybridized carbons (Fsp3) is 0.333. The Morgan fingerprint density at radius 3 is 2.76 bits per heavy atom. The van der Waals surface area contributed by atoms with E-state index < -0.39 is 15.8 Å². The van der Waals surface area contributed by atoms with Gasteiger partial charge in [-0.1, -0.05) is 0 Å². The van der Waals surface area contributed by atoms with E-state index in [1.165, 1.54) is 7.11 Å². The van der Waals surface area contributed by atoms with E-state index in [4.69, 9.17) is 5.73 Å². The van der Waals surface area contributed by atoms with Gasteiger partial charge in [-0.05, 0) is 0 Å². The number of primary amides is 1. The molecule has 1 amide bonds. The third-order valence-corrected chi connectivity index (χ3v) is 5.49. The summed E-state index contributed by atoms with van der Waals surface area (Å²) >= 11 is -0.669. The van der Waals surface area contributed by atoms with Crippen molar-refractivity contribution in [2.24, 2.45) is 5.73 Å². The normalized spacial score (nSPS) is 22.6. The molecule has 89 valence electrons. The van der Waals surface area contributed by atoms with Crippen LogP contribution in [0.5, 0.6) is 0 Å². The van der Waals surface area contributed by atoms with Crippen LogP contribution >= 0.6 is 0 Å². The summed E-state index contributed by atoms with van der Waals surface area (Å²) in [6.07, 6.45) is 0.749. The van der Waals surface area contributed by atoms with Crippen molar-refractivity contribution in [3.63, 3.8) is 0 Å². The van der Waals surface area contributed by atoms with Gasteiger partial charge in [0.05, 0.1) is 0 Å². The van der Waals surface area contributed by atoms with Gasteiger partial charge in [0.25, 0.3) is 0 Å². The fourth-order valence-electron chi connectivity index (χ4n) is 2.23. The van der Waals surface area contributed by atoms with Crippen molar-refractivity contribution in [2.75, 3.05) is 7.11 Å². The standard InChI is InChI=1S/C12H13AsNO3/c1-17-12(16)13-9-6-7-4-2-3-5-8(7)10(9)11(14)15/h2-5,9-10H,6H2,1H3,(H2,14,15). The van der Waals surface area contributed by atoms with Crippen LogP contribution in [0.15, 0.2) is 24.3 Å². The molecule has 1 aliphatic rings. The van der Waals surface area contributed by atoms with Crippen molar-refractivity contribution >= 4 is 26.4 Å². The maximum atomic E-state index is 11.5. The second-order valence-electron chi connectivity index (χ2n) is 3.95. The van der Waals surface area contributed by atoms with Crippen LogP contribution in [0.25, 0.3) is 0 Å². The summed E-state index contributed by atoms with van der Waals surface area (Å²) < 4.78 is 4.51. The summed E-state index contributed by atoms with van der Waals surface area (Å²) in [7, 11) is 1.37. The van der Waals surface area contributed by atoms with Crippen LogP contribution in [0, 0.1) is 0 Å². The molecule has 0 saturated carbocycles. The molecular formula is C12H13AsNO3. The Hall–Kier alpha value is -1.28. The molecule has 1 aromatic carbocycles.